The van der Waals surface area contributed by atoms with E-state index >= 15 is 0 Å². The molecule has 0 fully saturated rings. The molecule has 3 nitrogen and oxygen atoms in total. The number of rotatable bonds is 6. The molecule has 0 heterocycles. The Labute approximate surface area is 136 Å². The minimum atomic E-state index is 0.0747. The van der Waals surface area contributed by atoms with Crippen LogP contribution in [0.1, 0.15) is 18.1 Å². The molecule has 1 amide bonds. The van der Waals surface area contributed by atoms with Crippen molar-refractivity contribution in [1.82, 2.24) is 4.90 Å². The molecule has 0 aliphatic heterocycles. The monoisotopic (exact) mass is 316 g/mol. The molecule has 0 aliphatic rings. The smallest absolute Gasteiger partial charge is 0.242 e. The zero-order valence-electron chi connectivity index (χ0n) is 13.0. The van der Waals surface area contributed by atoms with Crippen LogP contribution in [0, 0.1) is 6.92 Å². The maximum Gasteiger partial charge on any atom is 0.242 e. The molecule has 2 aromatic carbocycles. The van der Waals surface area contributed by atoms with E-state index in [0.29, 0.717) is 18.1 Å². The maximum absolute atomic E-state index is 12.4. The van der Waals surface area contributed by atoms with Gasteiger partial charge in [0.25, 0.3) is 0 Å². The first-order valence-electron chi connectivity index (χ1n) is 7.42. The summed E-state index contributed by atoms with van der Waals surface area (Å²) < 4.78 is 0. The fraction of sp³-hybridized carbons (Fsp3) is 0.278. The van der Waals surface area contributed by atoms with Gasteiger partial charge in [0.2, 0.25) is 5.91 Å². The lowest BCUT2D eigenvalue weighted by atomic mass is 10.2. The number of likely N-dealkylation sites (N-methyl/N-ethyl adjacent to an activating group) is 1. The Morgan fingerprint density at radius 1 is 1.18 bits per heavy atom. The van der Waals surface area contributed by atoms with E-state index in [1.165, 1.54) is 0 Å². The van der Waals surface area contributed by atoms with Crippen LogP contribution in [-0.2, 0) is 11.3 Å². The lowest BCUT2D eigenvalue weighted by Crippen LogP contribution is -2.35. The van der Waals surface area contributed by atoms with Crippen LogP contribution in [0.3, 0.4) is 0 Å². The normalized spacial score (nSPS) is 10.3. The standard InChI is InChI=1S/C18H21ClN2O/c1-3-21(13-15-7-5-4-6-8-15)18(22)12-20-17-11-16(19)10-9-14(17)2/h4-11,20H,3,12-13H2,1-2H3. The van der Waals surface area contributed by atoms with Gasteiger partial charge < -0.3 is 10.2 Å². The fourth-order valence-corrected chi connectivity index (χ4v) is 2.42. The lowest BCUT2D eigenvalue weighted by molar-refractivity contribution is -0.129. The molecule has 0 unspecified atom stereocenters. The summed E-state index contributed by atoms with van der Waals surface area (Å²) in [5.41, 5.74) is 3.11. The maximum atomic E-state index is 12.4. The van der Waals surface area contributed by atoms with Crippen molar-refractivity contribution in [2.24, 2.45) is 0 Å². The molecule has 0 spiro atoms. The van der Waals surface area contributed by atoms with Gasteiger partial charge in [-0.2, -0.15) is 0 Å². The molecular weight excluding hydrogens is 296 g/mol. The van der Waals surface area contributed by atoms with Crippen LogP contribution in [-0.4, -0.2) is 23.9 Å². The minimum Gasteiger partial charge on any atom is -0.376 e. The van der Waals surface area contributed by atoms with E-state index in [4.69, 9.17) is 11.6 Å². The summed E-state index contributed by atoms with van der Waals surface area (Å²) in [5, 5.41) is 3.84. The van der Waals surface area contributed by atoms with Crippen molar-refractivity contribution in [3.05, 3.63) is 64.7 Å². The SMILES string of the molecule is CCN(Cc1ccccc1)C(=O)CNc1cc(Cl)ccc1C. The molecule has 1 N–H and O–H groups in total. The molecular formula is C18H21ClN2O. The van der Waals surface area contributed by atoms with Crippen LogP contribution < -0.4 is 5.32 Å². The summed E-state index contributed by atoms with van der Waals surface area (Å²) in [6.45, 7) is 5.56. The molecule has 0 aliphatic carbocycles. The highest BCUT2D eigenvalue weighted by molar-refractivity contribution is 6.30. The lowest BCUT2D eigenvalue weighted by Gasteiger charge is -2.22. The molecule has 22 heavy (non-hydrogen) atoms. The number of carbonyl (C=O) groups is 1. The summed E-state index contributed by atoms with van der Waals surface area (Å²) in [5.74, 6) is 0.0747. The van der Waals surface area contributed by atoms with E-state index in [1.54, 1.807) is 0 Å². The van der Waals surface area contributed by atoms with Gasteiger partial charge in [-0.15, -0.1) is 0 Å². The second-order valence-electron chi connectivity index (χ2n) is 5.21. The first kappa shape index (κ1) is 16.4. The van der Waals surface area contributed by atoms with Gasteiger partial charge in [0.1, 0.15) is 0 Å². The van der Waals surface area contributed by atoms with Gasteiger partial charge in [-0.1, -0.05) is 48.0 Å². The van der Waals surface area contributed by atoms with Crippen molar-refractivity contribution in [2.75, 3.05) is 18.4 Å². The Bertz CT molecular complexity index is 628. The highest BCUT2D eigenvalue weighted by Gasteiger charge is 2.12. The third-order valence-electron chi connectivity index (χ3n) is 3.58. The Hall–Kier alpha value is -2.00. The van der Waals surface area contributed by atoms with Crippen LogP contribution in [0.5, 0.6) is 0 Å². The zero-order chi connectivity index (χ0) is 15.9. The number of nitrogens with one attached hydrogen (secondary N) is 1. The van der Waals surface area contributed by atoms with Gasteiger partial charge in [0, 0.05) is 23.8 Å². The molecule has 0 atom stereocenters. The molecule has 0 radical (unpaired) electrons. The van der Waals surface area contributed by atoms with Crippen LogP contribution in [0.2, 0.25) is 5.02 Å². The van der Waals surface area contributed by atoms with Crippen LogP contribution in [0.25, 0.3) is 0 Å². The Morgan fingerprint density at radius 3 is 2.59 bits per heavy atom. The van der Waals surface area contributed by atoms with Crippen LogP contribution in [0.4, 0.5) is 5.69 Å². The summed E-state index contributed by atoms with van der Waals surface area (Å²) in [7, 11) is 0. The van der Waals surface area contributed by atoms with Crippen molar-refractivity contribution in [2.45, 2.75) is 20.4 Å². The molecule has 0 bridgehead atoms. The topological polar surface area (TPSA) is 32.3 Å². The van der Waals surface area contributed by atoms with Gasteiger partial charge in [0.15, 0.2) is 0 Å². The van der Waals surface area contributed by atoms with E-state index in [-0.39, 0.29) is 12.5 Å². The molecule has 2 aromatic rings. The van der Waals surface area contributed by atoms with Crippen molar-refractivity contribution < 1.29 is 4.79 Å². The highest BCUT2D eigenvalue weighted by Crippen LogP contribution is 2.20. The van der Waals surface area contributed by atoms with E-state index in [1.807, 2.05) is 67.3 Å². The van der Waals surface area contributed by atoms with E-state index < -0.39 is 0 Å². The molecule has 116 valence electrons. The summed E-state index contributed by atoms with van der Waals surface area (Å²) in [4.78, 5) is 14.2. The predicted molar refractivity (Wildman–Crippen MR) is 92.2 cm³/mol. The number of nitrogens with zero attached hydrogens (tertiary/aromatic N) is 1. The number of hydrogen-bond acceptors (Lipinski definition) is 2. The first-order chi connectivity index (χ1) is 10.6. The average molecular weight is 317 g/mol. The Kier molecular flexibility index (Phi) is 5.84. The highest BCUT2D eigenvalue weighted by atomic mass is 35.5. The number of benzene rings is 2. The van der Waals surface area contributed by atoms with E-state index in [0.717, 1.165) is 16.8 Å². The molecule has 0 aromatic heterocycles. The van der Waals surface area contributed by atoms with E-state index in [9.17, 15) is 4.79 Å². The van der Waals surface area contributed by atoms with E-state index in [2.05, 4.69) is 5.32 Å². The third-order valence-corrected chi connectivity index (χ3v) is 3.82. The average Bonchev–Trinajstić information content (AvgIpc) is 2.54. The van der Waals surface area contributed by atoms with Gasteiger partial charge in [-0.3, -0.25) is 4.79 Å². The van der Waals surface area contributed by atoms with Gasteiger partial charge in [0.05, 0.1) is 6.54 Å². The van der Waals surface area contributed by atoms with Crippen molar-refractivity contribution >= 4 is 23.2 Å². The minimum absolute atomic E-state index is 0.0747. The molecule has 0 saturated carbocycles. The van der Waals surface area contributed by atoms with Crippen molar-refractivity contribution in [3.63, 3.8) is 0 Å². The molecule has 2 rings (SSSR count). The predicted octanol–water partition coefficient (Wildman–Crippen LogP) is 4.11. The van der Waals surface area contributed by atoms with Crippen LogP contribution in [0.15, 0.2) is 48.5 Å². The number of halogens is 1. The largest absolute Gasteiger partial charge is 0.376 e. The number of anilines is 1. The Morgan fingerprint density at radius 2 is 1.91 bits per heavy atom. The zero-order valence-corrected chi connectivity index (χ0v) is 13.7. The van der Waals surface area contributed by atoms with Gasteiger partial charge in [-0.05, 0) is 37.1 Å². The number of hydrogen-bond donors (Lipinski definition) is 1. The van der Waals surface area contributed by atoms with Crippen LogP contribution >= 0.6 is 11.6 Å². The second-order valence-corrected chi connectivity index (χ2v) is 5.64. The van der Waals surface area contributed by atoms with Crippen molar-refractivity contribution in [3.8, 4) is 0 Å². The fourth-order valence-electron chi connectivity index (χ4n) is 2.25. The summed E-state index contributed by atoms with van der Waals surface area (Å²) >= 11 is 5.99. The third kappa shape index (κ3) is 4.50. The molecule has 0 saturated heterocycles. The first-order valence-corrected chi connectivity index (χ1v) is 7.79. The second kappa shape index (κ2) is 7.85. The quantitative estimate of drug-likeness (QED) is 0.870. The summed E-state index contributed by atoms with van der Waals surface area (Å²) in [6, 6.07) is 15.6. The summed E-state index contributed by atoms with van der Waals surface area (Å²) in [6.07, 6.45) is 0. The number of amides is 1. The molecule has 4 heteroatoms. The number of carbonyl (C=O) groups excluding carboxylic acids is 1. The van der Waals surface area contributed by atoms with Crippen molar-refractivity contribution in [1.29, 1.82) is 0 Å². The van der Waals surface area contributed by atoms with Gasteiger partial charge in [-0.25, -0.2) is 0 Å². The number of aryl methyl sites for hydroxylation is 1. The van der Waals surface area contributed by atoms with Gasteiger partial charge >= 0.3 is 0 Å². The Balaban J connectivity index is 1.96.